The van der Waals surface area contributed by atoms with Gasteiger partial charge >= 0.3 is 0 Å². The Balaban J connectivity index is 1.74. The minimum Gasteiger partial charge on any atom is -0.319 e. The number of anilines is 1. The highest BCUT2D eigenvalue weighted by Gasteiger charge is 2.28. The molecular formula is C13H11N5O. The molecule has 19 heavy (non-hydrogen) atoms. The number of benzene rings is 1. The first-order chi connectivity index (χ1) is 9.26. The van der Waals surface area contributed by atoms with Crippen molar-refractivity contribution in [2.75, 3.05) is 5.32 Å². The van der Waals surface area contributed by atoms with Crippen molar-refractivity contribution in [2.24, 2.45) is 0 Å². The third-order valence-electron chi connectivity index (χ3n) is 2.92. The van der Waals surface area contributed by atoms with Crippen LogP contribution in [0.1, 0.15) is 40.8 Å². The Bertz CT molecular complexity index is 666. The number of aromatic nitrogens is 3. The van der Waals surface area contributed by atoms with E-state index in [4.69, 9.17) is 5.26 Å². The largest absolute Gasteiger partial charge is 0.319 e. The summed E-state index contributed by atoms with van der Waals surface area (Å²) in [6.45, 7) is 0. The van der Waals surface area contributed by atoms with Crippen molar-refractivity contribution in [1.82, 2.24) is 15.2 Å². The smallest absolute Gasteiger partial charge is 0.295 e. The van der Waals surface area contributed by atoms with E-state index >= 15 is 0 Å². The summed E-state index contributed by atoms with van der Waals surface area (Å²) < 4.78 is 0. The van der Waals surface area contributed by atoms with E-state index in [9.17, 15) is 4.79 Å². The van der Waals surface area contributed by atoms with Crippen molar-refractivity contribution < 1.29 is 4.79 Å². The fourth-order valence-corrected chi connectivity index (χ4v) is 1.77. The molecule has 0 atom stereocenters. The second-order valence-corrected chi connectivity index (χ2v) is 4.47. The van der Waals surface area contributed by atoms with Crippen molar-refractivity contribution in [1.29, 1.82) is 5.26 Å². The van der Waals surface area contributed by atoms with E-state index in [0.717, 1.165) is 18.7 Å². The number of nitrogens with zero attached hydrogens (tertiary/aromatic N) is 3. The van der Waals surface area contributed by atoms with Gasteiger partial charge in [-0.25, -0.2) is 4.98 Å². The second kappa shape index (κ2) is 4.53. The number of hydrogen-bond donors (Lipinski definition) is 2. The lowest BCUT2D eigenvalue weighted by atomic mass is 10.2. The summed E-state index contributed by atoms with van der Waals surface area (Å²) in [6.07, 6.45) is 2.20. The number of carbonyl (C=O) groups is 1. The van der Waals surface area contributed by atoms with Crippen LogP contribution in [0.2, 0.25) is 0 Å². The summed E-state index contributed by atoms with van der Waals surface area (Å²) in [5.74, 6) is 0.953. The molecule has 0 aliphatic heterocycles. The predicted octanol–water partition coefficient (Wildman–Crippen LogP) is 1.81. The van der Waals surface area contributed by atoms with Crippen LogP contribution < -0.4 is 5.32 Å². The van der Waals surface area contributed by atoms with Crippen LogP contribution in [-0.2, 0) is 0 Å². The maximum atomic E-state index is 11.9. The molecule has 1 saturated carbocycles. The van der Waals surface area contributed by atoms with E-state index < -0.39 is 0 Å². The van der Waals surface area contributed by atoms with Crippen molar-refractivity contribution in [3.05, 3.63) is 41.5 Å². The maximum absolute atomic E-state index is 11.9. The average Bonchev–Trinajstić information content (AvgIpc) is 3.16. The maximum Gasteiger partial charge on any atom is 0.295 e. The van der Waals surface area contributed by atoms with Crippen LogP contribution in [0, 0.1) is 11.3 Å². The van der Waals surface area contributed by atoms with Crippen LogP contribution in [-0.4, -0.2) is 21.1 Å². The van der Waals surface area contributed by atoms with Gasteiger partial charge in [0.05, 0.1) is 11.6 Å². The van der Waals surface area contributed by atoms with Gasteiger partial charge in [0.15, 0.2) is 0 Å². The number of amides is 1. The van der Waals surface area contributed by atoms with Crippen LogP contribution in [0.15, 0.2) is 24.3 Å². The highest BCUT2D eigenvalue weighted by atomic mass is 16.2. The zero-order chi connectivity index (χ0) is 13.2. The molecule has 1 aromatic carbocycles. The van der Waals surface area contributed by atoms with E-state index in [1.165, 1.54) is 0 Å². The topological polar surface area (TPSA) is 94.5 Å². The summed E-state index contributed by atoms with van der Waals surface area (Å²) in [6, 6.07) is 8.72. The third-order valence-corrected chi connectivity index (χ3v) is 2.92. The molecule has 2 aromatic rings. The molecule has 0 bridgehead atoms. The molecule has 1 aliphatic carbocycles. The summed E-state index contributed by atoms with van der Waals surface area (Å²) in [4.78, 5) is 16.1. The standard InChI is InChI=1S/C13H11N5O/c14-7-8-2-1-3-10(6-8)15-13(19)12-16-11(17-18-12)9-4-5-9/h1-3,6,9H,4-5H2,(H,15,19)(H,16,17,18). The molecule has 3 rings (SSSR count). The van der Waals surface area contributed by atoms with Gasteiger partial charge in [-0.3, -0.25) is 9.89 Å². The summed E-state index contributed by atoms with van der Waals surface area (Å²) in [7, 11) is 0. The molecule has 6 nitrogen and oxygen atoms in total. The minimum atomic E-state index is -0.377. The van der Waals surface area contributed by atoms with Gasteiger partial charge in [-0.15, -0.1) is 5.10 Å². The highest BCUT2D eigenvalue weighted by Crippen LogP contribution is 2.37. The zero-order valence-electron chi connectivity index (χ0n) is 10.1. The van der Waals surface area contributed by atoms with Gasteiger partial charge in [0.25, 0.3) is 5.91 Å². The van der Waals surface area contributed by atoms with Crippen LogP contribution in [0.25, 0.3) is 0 Å². The molecule has 1 amide bonds. The Kier molecular flexibility index (Phi) is 2.72. The molecule has 0 radical (unpaired) electrons. The highest BCUT2D eigenvalue weighted by molar-refractivity contribution is 6.01. The number of nitrogens with one attached hydrogen (secondary N) is 2. The van der Waals surface area contributed by atoms with Gasteiger partial charge in [-0.05, 0) is 31.0 Å². The summed E-state index contributed by atoms with van der Waals surface area (Å²) >= 11 is 0. The quantitative estimate of drug-likeness (QED) is 0.872. The molecule has 1 fully saturated rings. The van der Waals surface area contributed by atoms with Gasteiger partial charge in [-0.1, -0.05) is 6.07 Å². The van der Waals surface area contributed by atoms with Gasteiger partial charge in [0.2, 0.25) is 5.82 Å². The Hall–Kier alpha value is -2.68. The monoisotopic (exact) mass is 253 g/mol. The van der Waals surface area contributed by atoms with Gasteiger partial charge in [0.1, 0.15) is 5.82 Å². The van der Waals surface area contributed by atoms with Gasteiger partial charge in [-0.2, -0.15) is 5.26 Å². The molecule has 1 aliphatic rings. The molecule has 0 unspecified atom stereocenters. The van der Waals surface area contributed by atoms with Crippen molar-refractivity contribution in [3.63, 3.8) is 0 Å². The molecule has 6 heteroatoms. The van der Waals surface area contributed by atoms with Crippen LogP contribution in [0.4, 0.5) is 5.69 Å². The average molecular weight is 253 g/mol. The molecule has 0 spiro atoms. The SMILES string of the molecule is N#Cc1cccc(NC(=O)c2n[nH]c(C3CC3)n2)c1. The number of aromatic amines is 1. The fraction of sp³-hybridized carbons (Fsp3) is 0.231. The number of hydrogen-bond acceptors (Lipinski definition) is 4. The molecule has 2 N–H and O–H groups in total. The molecule has 1 heterocycles. The van der Waals surface area contributed by atoms with Crippen molar-refractivity contribution in [3.8, 4) is 6.07 Å². The van der Waals surface area contributed by atoms with Crippen molar-refractivity contribution in [2.45, 2.75) is 18.8 Å². The Morgan fingerprint density at radius 1 is 1.47 bits per heavy atom. The Morgan fingerprint density at radius 2 is 2.32 bits per heavy atom. The van der Waals surface area contributed by atoms with Crippen LogP contribution in [0.5, 0.6) is 0 Å². The first-order valence-corrected chi connectivity index (χ1v) is 6.00. The van der Waals surface area contributed by atoms with Crippen molar-refractivity contribution >= 4 is 11.6 Å². The van der Waals surface area contributed by atoms with E-state index in [1.54, 1.807) is 24.3 Å². The molecular weight excluding hydrogens is 242 g/mol. The lowest BCUT2D eigenvalue weighted by Crippen LogP contribution is -2.13. The minimum absolute atomic E-state index is 0.129. The first-order valence-electron chi connectivity index (χ1n) is 6.00. The first kappa shape index (κ1) is 11.4. The van der Waals surface area contributed by atoms with E-state index in [0.29, 0.717) is 17.2 Å². The summed E-state index contributed by atoms with van der Waals surface area (Å²) in [5, 5.41) is 18.1. The predicted molar refractivity (Wildman–Crippen MR) is 67.5 cm³/mol. The molecule has 94 valence electrons. The number of nitriles is 1. The lowest BCUT2D eigenvalue weighted by molar-refractivity contribution is 0.101. The van der Waals surface area contributed by atoms with Gasteiger partial charge in [0, 0.05) is 11.6 Å². The van der Waals surface area contributed by atoms with E-state index in [1.807, 2.05) is 6.07 Å². The Labute approximate surface area is 109 Å². The van der Waals surface area contributed by atoms with Gasteiger partial charge < -0.3 is 5.32 Å². The number of H-pyrrole nitrogens is 1. The normalized spacial score (nSPS) is 13.8. The second-order valence-electron chi connectivity index (χ2n) is 4.47. The molecule has 1 aromatic heterocycles. The number of carbonyl (C=O) groups excluding carboxylic acids is 1. The van der Waals surface area contributed by atoms with Crippen LogP contribution >= 0.6 is 0 Å². The molecule has 0 saturated heterocycles. The fourth-order valence-electron chi connectivity index (χ4n) is 1.77. The Morgan fingerprint density at radius 3 is 3.05 bits per heavy atom. The van der Waals surface area contributed by atoms with E-state index in [-0.39, 0.29) is 11.7 Å². The third kappa shape index (κ3) is 2.45. The zero-order valence-corrected chi connectivity index (χ0v) is 10.1. The summed E-state index contributed by atoms with van der Waals surface area (Å²) in [5.41, 5.74) is 1.05. The van der Waals surface area contributed by atoms with E-state index in [2.05, 4.69) is 20.5 Å². The van der Waals surface area contributed by atoms with Crippen LogP contribution in [0.3, 0.4) is 0 Å². The number of rotatable bonds is 3. The lowest BCUT2D eigenvalue weighted by Gasteiger charge is -2.01.